The maximum Gasteiger partial charge on any atom is 0.0218 e. The van der Waals surface area contributed by atoms with Gasteiger partial charge in [0.05, 0.1) is 0 Å². The molecular formula is C17H24N2S. The van der Waals surface area contributed by atoms with Gasteiger partial charge in [0.2, 0.25) is 0 Å². The van der Waals surface area contributed by atoms with Crippen LogP contribution in [0.2, 0.25) is 0 Å². The predicted octanol–water partition coefficient (Wildman–Crippen LogP) is 3.18. The second kappa shape index (κ2) is 8.20. The Bertz CT molecular complexity index is 467. The lowest BCUT2D eigenvalue weighted by Gasteiger charge is -2.26. The maximum absolute atomic E-state index is 5.95. The molecule has 0 bridgehead atoms. The Labute approximate surface area is 126 Å². The van der Waals surface area contributed by atoms with E-state index in [1.165, 1.54) is 10.4 Å². The number of aryl methyl sites for hydroxylation is 1. The molecule has 0 aliphatic rings. The quantitative estimate of drug-likeness (QED) is 0.808. The third-order valence-electron chi connectivity index (χ3n) is 3.80. The fraction of sp³-hybridized carbons (Fsp3) is 0.412. The van der Waals surface area contributed by atoms with Crippen molar-refractivity contribution in [2.45, 2.75) is 25.3 Å². The van der Waals surface area contributed by atoms with Crippen LogP contribution >= 0.6 is 11.3 Å². The summed E-state index contributed by atoms with van der Waals surface area (Å²) in [7, 11) is 2.19. The summed E-state index contributed by atoms with van der Waals surface area (Å²) in [5.41, 5.74) is 7.35. The highest BCUT2D eigenvalue weighted by Gasteiger charge is 2.13. The van der Waals surface area contributed by atoms with E-state index in [9.17, 15) is 0 Å². The minimum Gasteiger partial charge on any atom is -0.329 e. The summed E-state index contributed by atoms with van der Waals surface area (Å²) < 4.78 is 0. The number of nitrogens with zero attached hydrogens (tertiary/aromatic N) is 1. The van der Waals surface area contributed by atoms with Crippen LogP contribution in [0, 0.1) is 0 Å². The van der Waals surface area contributed by atoms with Gasteiger partial charge in [-0.05, 0) is 43.3 Å². The van der Waals surface area contributed by atoms with Gasteiger partial charge in [0.15, 0.2) is 0 Å². The summed E-state index contributed by atoms with van der Waals surface area (Å²) in [5, 5.41) is 2.14. The minimum absolute atomic E-state index is 0.468. The number of likely N-dealkylation sites (N-methyl/N-ethyl adjacent to an activating group) is 1. The molecule has 0 spiro atoms. The van der Waals surface area contributed by atoms with Gasteiger partial charge in [-0.3, -0.25) is 0 Å². The van der Waals surface area contributed by atoms with Crippen molar-refractivity contribution < 1.29 is 0 Å². The molecule has 0 radical (unpaired) electrons. The first-order chi connectivity index (χ1) is 9.79. The summed E-state index contributed by atoms with van der Waals surface area (Å²) in [6, 6.07) is 15.5. The van der Waals surface area contributed by atoms with Crippen molar-refractivity contribution in [3.8, 4) is 0 Å². The van der Waals surface area contributed by atoms with E-state index in [0.29, 0.717) is 6.04 Å². The van der Waals surface area contributed by atoms with E-state index in [1.807, 2.05) is 11.3 Å². The van der Waals surface area contributed by atoms with Crippen LogP contribution in [0.25, 0.3) is 0 Å². The van der Waals surface area contributed by atoms with Crippen molar-refractivity contribution >= 4 is 11.3 Å². The molecule has 1 atom stereocenters. The molecule has 2 N–H and O–H groups in total. The van der Waals surface area contributed by atoms with Crippen molar-refractivity contribution in [2.75, 3.05) is 20.1 Å². The molecular weight excluding hydrogens is 264 g/mol. The highest BCUT2D eigenvalue weighted by Crippen LogP contribution is 2.12. The van der Waals surface area contributed by atoms with Gasteiger partial charge in [0.1, 0.15) is 0 Å². The number of hydrogen-bond donors (Lipinski definition) is 1. The Morgan fingerprint density at radius 1 is 1.10 bits per heavy atom. The number of hydrogen-bond acceptors (Lipinski definition) is 3. The molecule has 1 heterocycles. The summed E-state index contributed by atoms with van der Waals surface area (Å²) in [6.07, 6.45) is 3.35. The van der Waals surface area contributed by atoms with Crippen LogP contribution in [-0.2, 0) is 12.8 Å². The van der Waals surface area contributed by atoms with Crippen LogP contribution in [0.1, 0.15) is 16.9 Å². The van der Waals surface area contributed by atoms with E-state index in [2.05, 4.69) is 59.8 Å². The van der Waals surface area contributed by atoms with Gasteiger partial charge in [0.25, 0.3) is 0 Å². The van der Waals surface area contributed by atoms with E-state index in [-0.39, 0.29) is 0 Å². The monoisotopic (exact) mass is 288 g/mol. The molecule has 1 aromatic heterocycles. The van der Waals surface area contributed by atoms with E-state index in [0.717, 1.165) is 32.4 Å². The maximum atomic E-state index is 5.95. The summed E-state index contributed by atoms with van der Waals surface area (Å²) >= 11 is 1.84. The molecule has 2 rings (SSSR count). The molecule has 108 valence electrons. The van der Waals surface area contributed by atoms with E-state index < -0.39 is 0 Å². The van der Waals surface area contributed by atoms with E-state index in [1.54, 1.807) is 0 Å². The Balaban J connectivity index is 1.78. The molecule has 2 aromatic rings. The number of rotatable bonds is 8. The zero-order chi connectivity index (χ0) is 14.2. The first-order valence-electron chi connectivity index (χ1n) is 7.26. The third kappa shape index (κ3) is 4.75. The van der Waals surface area contributed by atoms with Crippen molar-refractivity contribution in [1.82, 2.24) is 4.90 Å². The topological polar surface area (TPSA) is 29.3 Å². The molecule has 0 aliphatic heterocycles. The SMILES string of the molecule is CN(CCc1cccs1)C(CN)CCc1ccccc1. The summed E-state index contributed by atoms with van der Waals surface area (Å²) in [4.78, 5) is 3.86. The first-order valence-corrected chi connectivity index (χ1v) is 8.14. The van der Waals surface area contributed by atoms with Gasteiger partial charge in [-0.1, -0.05) is 36.4 Å². The molecule has 0 fully saturated rings. The lowest BCUT2D eigenvalue weighted by Crippen LogP contribution is -2.39. The van der Waals surface area contributed by atoms with Gasteiger partial charge in [-0.25, -0.2) is 0 Å². The molecule has 2 nitrogen and oxygen atoms in total. The molecule has 0 amide bonds. The van der Waals surface area contributed by atoms with Crippen molar-refractivity contribution in [2.24, 2.45) is 5.73 Å². The lowest BCUT2D eigenvalue weighted by atomic mass is 10.0. The summed E-state index contributed by atoms with van der Waals surface area (Å²) in [6.45, 7) is 1.81. The van der Waals surface area contributed by atoms with Crippen LogP contribution in [0.15, 0.2) is 47.8 Å². The second-order valence-corrected chi connectivity index (χ2v) is 6.26. The Morgan fingerprint density at radius 2 is 1.90 bits per heavy atom. The molecule has 0 saturated carbocycles. The predicted molar refractivity (Wildman–Crippen MR) is 88.3 cm³/mol. The highest BCUT2D eigenvalue weighted by molar-refractivity contribution is 7.09. The number of nitrogens with two attached hydrogens (primary N) is 1. The Hall–Kier alpha value is -1.16. The molecule has 0 aliphatic carbocycles. The van der Waals surface area contributed by atoms with E-state index in [4.69, 9.17) is 5.73 Å². The number of thiophene rings is 1. The molecule has 3 heteroatoms. The number of benzene rings is 1. The average Bonchev–Trinajstić information content (AvgIpc) is 3.00. The van der Waals surface area contributed by atoms with Crippen LogP contribution < -0.4 is 5.73 Å². The van der Waals surface area contributed by atoms with Gasteiger partial charge in [-0.15, -0.1) is 11.3 Å². The Kier molecular flexibility index (Phi) is 6.25. The average molecular weight is 288 g/mol. The second-order valence-electron chi connectivity index (χ2n) is 5.22. The van der Waals surface area contributed by atoms with Gasteiger partial charge < -0.3 is 10.6 Å². The largest absolute Gasteiger partial charge is 0.329 e. The fourth-order valence-corrected chi connectivity index (χ4v) is 3.12. The molecule has 20 heavy (non-hydrogen) atoms. The fourth-order valence-electron chi connectivity index (χ4n) is 2.42. The normalized spacial score (nSPS) is 12.8. The molecule has 1 unspecified atom stereocenters. The van der Waals surface area contributed by atoms with Crippen LogP contribution in [0.3, 0.4) is 0 Å². The first kappa shape index (κ1) is 15.2. The van der Waals surface area contributed by atoms with Crippen LogP contribution in [0.4, 0.5) is 0 Å². The molecule has 1 aromatic carbocycles. The highest BCUT2D eigenvalue weighted by atomic mass is 32.1. The standard InChI is InChI=1S/C17H24N2S/c1-19(12-11-17-8-5-13-20-17)16(14-18)10-9-15-6-3-2-4-7-15/h2-8,13,16H,9-12,14,18H2,1H3. The van der Waals surface area contributed by atoms with Crippen LogP contribution in [0.5, 0.6) is 0 Å². The third-order valence-corrected chi connectivity index (χ3v) is 4.73. The lowest BCUT2D eigenvalue weighted by molar-refractivity contribution is 0.238. The summed E-state index contributed by atoms with van der Waals surface area (Å²) in [5.74, 6) is 0. The zero-order valence-corrected chi connectivity index (χ0v) is 13.0. The van der Waals surface area contributed by atoms with E-state index >= 15 is 0 Å². The van der Waals surface area contributed by atoms with Gasteiger partial charge in [0, 0.05) is 24.0 Å². The van der Waals surface area contributed by atoms with Crippen LogP contribution in [-0.4, -0.2) is 31.1 Å². The Morgan fingerprint density at radius 3 is 2.55 bits per heavy atom. The van der Waals surface area contributed by atoms with Gasteiger partial charge >= 0.3 is 0 Å². The zero-order valence-electron chi connectivity index (χ0n) is 12.2. The minimum atomic E-state index is 0.468. The molecule has 0 saturated heterocycles. The van der Waals surface area contributed by atoms with Crippen molar-refractivity contribution in [3.05, 3.63) is 58.3 Å². The smallest absolute Gasteiger partial charge is 0.0218 e. The van der Waals surface area contributed by atoms with Crippen molar-refractivity contribution in [1.29, 1.82) is 0 Å². The van der Waals surface area contributed by atoms with Gasteiger partial charge in [-0.2, -0.15) is 0 Å². The van der Waals surface area contributed by atoms with Crippen molar-refractivity contribution in [3.63, 3.8) is 0 Å².